The molecular formula is C12H21NO2. The summed E-state index contributed by atoms with van der Waals surface area (Å²) in [5.41, 5.74) is 0. The van der Waals surface area contributed by atoms with E-state index in [-0.39, 0.29) is 12.0 Å². The number of piperidine rings is 1. The van der Waals surface area contributed by atoms with E-state index in [1.807, 2.05) is 30.9 Å². The summed E-state index contributed by atoms with van der Waals surface area (Å²) < 4.78 is 5.67. The smallest absolute Gasteiger partial charge is 0.222 e. The molecule has 0 aliphatic carbocycles. The Labute approximate surface area is 92.1 Å². The summed E-state index contributed by atoms with van der Waals surface area (Å²) in [6.07, 6.45) is 6.95. The van der Waals surface area contributed by atoms with Gasteiger partial charge in [0, 0.05) is 19.5 Å². The Kier molecular flexibility index (Phi) is 5.40. The van der Waals surface area contributed by atoms with Crippen LogP contribution >= 0.6 is 0 Å². The second kappa shape index (κ2) is 6.62. The largest absolute Gasteiger partial charge is 0.372 e. The van der Waals surface area contributed by atoms with E-state index < -0.39 is 0 Å². The standard InChI is InChI=1S/C12H21NO2/c1-3-5-9-15-11-7-6-8-13(10-11)12(14)4-2/h3,5,11H,4,6-10H2,1-2H3/b5-3-. The molecule has 0 aromatic rings. The van der Waals surface area contributed by atoms with Crippen LogP contribution in [0.2, 0.25) is 0 Å². The highest BCUT2D eigenvalue weighted by molar-refractivity contribution is 5.75. The maximum absolute atomic E-state index is 11.5. The number of hydrogen-bond donors (Lipinski definition) is 0. The number of allylic oxidation sites excluding steroid dienone is 1. The molecule has 1 amide bonds. The van der Waals surface area contributed by atoms with Crippen LogP contribution in [-0.4, -0.2) is 36.6 Å². The Bertz CT molecular complexity index is 226. The zero-order chi connectivity index (χ0) is 11.1. The van der Waals surface area contributed by atoms with Crippen molar-refractivity contribution in [3.05, 3.63) is 12.2 Å². The summed E-state index contributed by atoms with van der Waals surface area (Å²) in [5, 5.41) is 0. The molecule has 3 nitrogen and oxygen atoms in total. The molecule has 86 valence electrons. The third kappa shape index (κ3) is 4.04. The van der Waals surface area contributed by atoms with Crippen molar-refractivity contribution in [3.63, 3.8) is 0 Å². The first-order valence-corrected chi connectivity index (χ1v) is 5.78. The number of likely N-dealkylation sites (tertiary alicyclic amines) is 1. The Morgan fingerprint density at radius 2 is 2.40 bits per heavy atom. The van der Waals surface area contributed by atoms with Gasteiger partial charge in [-0.05, 0) is 19.8 Å². The van der Waals surface area contributed by atoms with Gasteiger partial charge in [0.2, 0.25) is 5.91 Å². The first-order valence-electron chi connectivity index (χ1n) is 5.78. The van der Waals surface area contributed by atoms with E-state index in [0.29, 0.717) is 13.0 Å². The molecule has 1 aliphatic heterocycles. The van der Waals surface area contributed by atoms with Gasteiger partial charge in [-0.2, -0.15) is 0 Å². The molecule has 0 N–H and O–H groups in total. The molecule has 1 unspecified atom stereocenters. The highest BCUT2D eigenvalue weighted by Gasteiger charge is 2.22. The number of carbonyl (C=O) groups is 1. The van der Waals surface area contributed by atoms with E-state index in [4.69, 9.17) is 4.74 Å². The van der Waals surface area contributed by atoms with E-state index in [0.717, 1.165) is 25.9 Å². The minimum absolute atomic E-state index is 0.227. The number of ether oxygens (including phenoxy) is 1. The minimum Gasteiger partial charge on any atom is -0.372 e. The van der Waals surface area contributed by atoms with Gasteiger partial charge in [-0.25, -0.2) is 0 Å². The Morgan fingerprint density at radius 1 is 1.60 bits per heavy atom. The molecule has 0 bridgehead atoms. The fraction of sp³-hybridized carbons (Fsp3) is 0.750. The van der Waals surface area contributed by atoms with E-state index in [2.05, 4.69) is 0 Å². The van der Waals surface area contributed by atoms with Crippen molar-refractivity contribution in [3.8, 4) is 0 Å². The second-order valence-electron chi connectivity index (χ2n) is 3.86. The van der Waals surface area contributed by atoms with Crippen LogP contribution in [0.3, 0.4) is 0 Å². The normalized spacial score (nSPS) is 22.3. The van der Waals surface area contributed by atoms with Crippen LogP contribution in [0.1, 0.15) is 33.1 Å². The van der Waals surface area contributed by atoms with Gasteiger partial charge in [0.25, 0.3) is 0 Å². The highest BCUT2D eigenvalue weighted by Crippen LogP contribution is 2.14. The Morgan fingerprint density at radius 3 is 3.07 bits per heavy atom. The summed E-state index contributed by atoms with van der Waals surface area (Å²) in [4.78, 5) is 13.4. The van der Waals surface area contributed by atoms with Crippen LogP contribution in [0.25, 0.3) is 0 Å². The molecule has 1 rings (SSSR count). The maximum Gasteiger partial charge on any atom is 0.222 e. The molecule has 0 aromatic carbocycles. The lowest BCUT2D eigenvalue weighted by Gasteiger charge is -2.32. The van der Waals surface area contributed by atoms with Crippen molar-refractivity contribution < 1.29 is 9.53 Å². The molecule has 1 atom stereocenters. The van der Waals surface area contributed by atoms with Crippen LogP contribution in [0.4, 0.5) is 0 Å². The van der Waals surface area contributed by atoms with Crippen LogP contribution in [0, 0.1) is 0 Å². The van der Waals surface area contributed by atoms with Crippen LogP contribution in [0.15, 0.2) is 12.2 Å². The molecule has 1 heterocycles. The molecule has 3 heteroatoms. The third-order valence-electron chi connectivity index (χ3n) is 2.70. The molecule has 0 spiro atoms. The topological polar surface area (TPSA) is 29.5 Å². The SMILES string of the molecule is C/C=C\COC1CCCN(C(=O)CC)C1. The first-order chi connectivity index (χ1) is 7.27. The van der Waals surface area contributed by atoms with Crippen molar-refractivity contribution in [1.29, 1.82) is 0 Å². The second-order valence-corrected chi connectivity index (χ2v) is 3.86. The monoisotopic (exact) mass is 211 g/mol. The summed E-state index contributed by atoms with van der Waals surface area (Å²) in [5.74, 6) is 0.245. The zero-order valence-corrected chi connectivity index (χ0v) is 9.74. The number of nitrogens with zero attached hydrogens (tertiary/aromatic N) is 1. The van der Waals surface area contributed by atoms with Crippen molar-refractivity contribution in [1.82, 2.24) is 4.90 Å². The minimum atomic E-state index is 0.227. The van der Waals surface area contributed by atoms with Crippen molar-refractivity contribution >= 4 is 5.91 Å². The van der Waals surface area contributed by atoms with Gasteiger partial charge in [-0.15, -0.1) is 0 Å². The van der Waals surface area contributed by atoms with E-state index in [9.17, 15) is 4.79 Å². The third-order valence-corrected chi connectivity index (χ3v) is 2.70. The fourth-order valence-corrected chi connectivity index (χ4v) is 1.81. The van der Waals surface area contributed by atoms with Crippen molar-refractivity contribution in [2.75, 3.05) is 19.7 Å². The Hall–Kier alpha value is -0.830. The van der Waals surface area contributed by atoms with Crippen LogP contribution < -0.4 is 0 Å². The van der Waals surface area contributed by atoms with Gasteiger partial charge in [0.05, 0.1) is 12.7 Å². The molecule has 1 aliphatic rings. The quantitative estimate of drug-likeness (QED) is 0.665. The molecular weight excluding hydrogens is 190 g/mol. The predicted octanol–water partition coefficient (Wildman–Crippen LogP) is 1.98. The fourth-order valence-electron chi connectivity index (χ4n) is 1.81. The number of carbonyl (C=O) groups excluding carboxylic acids is 1. The lowest BCUT2D eigenvalue weighted by molar-refractivity contribution is -0.134. The van der Waals surface area contributed by atoms with Crippen molar-refractivity contribution in [2.24, 2.45) is 0 Å². The first kappa shape index (κ1) is 12.2. The molecule has 1 fully saturated rings. The predicted molar refractivity (Wildman–Crippen MR) is 60.7 cm³/mol. The lowest BCUT2D eigenvalue weighted by Crippen LogP contribution is -2.42. The summed E-state index contributed by atoms with van der Waals surface area (Å²) in [6, 6.07) is 0. The van der Waals surface area contributed by atoms with Gasteiger partial charge < -0.3 is 9.64 Å². The van der Waals surface area contributed by atoms with Gasteiger partial charge in [0.1, 0.15) is 0 Å². The summed E-state index contributed by atoms with van der Waals surface area (Å²) in [7, 11) is 0. The van der Waals surface area contributed by atoms with E-state index in [1.165, 1.54) is 0 Å². The van der Waals surface area contributed by atoms with Gasteiger partial charge in [-0.3, -0.25) is 4.79 Å². The average Bonchev–Trinajstić information content (AvgIpc) is 2.29. The number of rotatable bonds is 4. The average molecular weight is 211 g/mol. The van der Waals surface area contributed by atoms with Crippen LogP contribution in [0.5, 0.6) is 0 Å². The van der Waals surface area contributed by atoms with Crippen LogP contribution in [-0.2, 0) is 9.53 Å². The van der Waals surface area contributed by atoms with Crippen molar-refractivity contribution in [2.45, 2.75) is 39.2 Å². The molecule has 0 saturated carbocycles. The number of amides is 1. The molecule has 0 aromatic heterocycles. The molecule has 15 heavy (non-hydrogen) atoms. The van der Waals surface area contributed by atoms with E-state index >= 15 is 0 Å². The number of hydrogen-bond acceptors (Lipinski definition) is 2. The highest BCUT2D eigenvalue weighted by atomic mass is 16.5. The Balaban J connectivity index is 2.32. The molecule has 0 radical (unpaired) electrons. The van der Waals surface area contributed by atoms with Gasteiger partial charge in [-0.1, -0.05) is 19.1 Å². The van der Waals surface area contributed by atoms with Gasteiger partial charge >= 0.3 is 0 Å². The summed E-state index contributed by atoms with van der Waals surface area (Å²) in [6.45, 7) is 6.22. The maximum atomic E-state index is 11.5. The summed E-state index contributed by atoms with van der Waals surface area (Å²) >= 11 is 0. The zero-order valence-electron chi connectivity index (χ0n) is 9.74. The lowest BCUT2D eigenvalue weighted by atomic mass is 10.1. The van der Waals surface area contributed by atoms with E-state index in [1.54, 1.807) is 0 Å². The molecule has 1 saturated heterocycles. The van der Waals surface area contributed by atoms with Gasteiger partial charge in [0.15, 0.2) is 0 Å².